The van der Waals surface area contributed by atoms with E-state index < -0.39 is 17.3 Å². The fourth-order valence-corrected chi connectivity index (χ4v) is 13.0. The summed E-state index contributed by atoms with van der Waals surface area (Å²) in [7, 11) is 2.04. The van der Waals surface area contributed by atoms with Gasteiger partial charge in [0.15, 0.2) is 5.82 Å². The summed E-state index contributed by atoms with van der Waals surface area (Å²) < 4.78 is 16.4. The Morgan fingerprint density at radius 1 is 1.13 bits per heavy atom. The van der Waals surface area contributed by atoms with E-state index in [-0.39, 0.29) is 45.3 Å². The Morgan fingerprint density at radius 2 is 1.88 bits per heavy atom. The number of fused-ring (bicyclic) bond motifs is 3. The molecule has 2 aromatic heterocycles. The van der Waals surface area contributed by atoms with Crippen LogP contribution in [0.4, 0.5) is 0 Å². The molecule has 0 aromatic carbocycles. The molecule has 1 aliphatic heterocycles. The highest BCUT2D eigenvalue weighted by molar-refractivity contribution is 5.73. The minimum absolute atomic E-state index is 0.0834. The third-order valence-electron chi connectivity index (χ3n) is 17.1. The van der Waals surface area contributed by atoms with Crippen LogP contribution in [0.1, 0.15) is 114 Å². The number of carboxylic acids is 1. The van der Waals surface area contributed by atoms with Crippen LogP contribution in [0, 0.1) is 62.6 Å². The molecule has 0 unspecified atom stereocenters. The summed E-state index contributed by atoms with van der Waals surface area (Å²) in [4.78, 5) is 18.4. The molecule has 4 aliphatic carbocycles. The van der Waals surface area contributed by atoms with Crippen molar-refractivity contribution in [1.82, 2.24) is 30.3 Å². The molecule has 5 aliphatic rings. The molecule has 12 atom stereocenters. The van der Waals surface area contributed by atoms with Gasteiger partial charge in [0.1, 0.15) is 6.33 Å². The number of allylic oxidation sites excluding steroid dienone is 1. The molecule has 3 saturated carbocycles. The normalized spacial score (nSPS) is 41.8. The number of aromatic nitrogens is 5. The van der Waals surface area contributed by atoms with Crippen molar-refractivity contribution >= 4 is 5.97 Å². The van der Waals surface area contributed by atoms with Crippen molar-refractivity contribution in [1.29, 1.82) is 0 Å². The second kappa shape index (κ2) is 12.8. The third kappa shape index (κ3) is 5.11. The molecule has 2 aromatic rings. The number of aliphatic carboxylic acids is 1. The number of nitrogens with one attached hydrogen (secondary N) is 2. The van der Waals surface area contributed by atoms with Crippen LogP contribution in [-0.4, -0.2) is 74.5 Å². The molecule has 52 heavy (non-hydrogen) atoms. The Balaban J connectivity index is 1.40. The molecule has 10 heteroatoms. The van der Waals surface area contributed by atoms with Gasteiger partial charge in [-0.3, -0.25) is 9.89 Å². The highest BCUT2D eigenvalue weighted by Crippen LogP contribution is 2.75. The molecule has 7 rings (SSSR count). The first-order valence-corrected chi connectivity index (χ1v) is 20.1. The first-order chi connectivity index (χ1) is 24.4. The number of carboxylic acid groups (broad SMARTS) is 1. The lowest BCUT2D eigenvalue weighted by Gasteiger charge is -2.71. The van der Waals surface area contributed by atoms with Crippen molar-refractivity contribution in [2.45, 2.75) is 125 Å². The number of H-pyrrole nitrogens is 1. The van der Waals surface area contributed by atoms with Crippen molar-refractivity contribution in [3.05, 3.63) is 30.4 Å². The van der Waals surface area contributed by atoms with Gasteiger partial charge in [-0.15, -0.1) is 0 Å². The summed E-state index contributed by atoms with van der Waals surface area (Å²) >= 11 is 0. The largest absolute Gasteiger partial charge is 0.481 e. The molecule has 10 nitrogen and oxygen atoms in total. The van der Waals surface area contributed by atoms with E-state index in [0.717, 1.165) is 49.9 Å². The number of hydrogen-bond acceptors (Lipinski definition) is 7. The summed E-state index contributed by atoms with van der Waals surface area (Å²) in [5.74, 6) is 1.41. The van der Waals surface area contributed by atoms with Crippen LogP contribution in [0.25, 0.3) is 11.4 Å². The zero-order chi connectivity index (χ0) is 37.6. The Hall–Kier alpha value is -2.56. The fraction of sp³-hybridized carbons (Fsp3) is 0.810. The average molecular weight is 719 g/mol. The van der Waals surface area contributed by atoms with Crippen LogP contribution < -0.4 is 5.32 Å². The lowest BCUT2D eigenvalue weighted by molar-refractivity contribution is -0.254. The number of carbonyl (C=O) groups is 1. The Morgan fingerprint density at radius 3 is 2.52 bits per heavy atom. The van der Waals surface area contributed by atoms with Crippen molar-refractivity contribution in [2.75, 3.05) is 26.9 Å². The molecule has 1 saturated heterocycles. The minimum Gasteiger partial charge on any atom is -0.481 e. The van der Waals surface area contributed by atoms with Crippen molar-refractivity contribution in [3.63, 3.8) is 0 Å². The first-order valence-electron chi connectivity index (χ1n) is 20.1. The van der Waals surface area contributed by atoms with E-state index in [1.807, 2.05) is 19.4 Å². The summed E-state index contributed by atoms with van der Waals surface area (Å²) in [5.41, 5.74) is 0.793. The van der Waals surface area contributed by atoms with Crippen molar-refractivity contribution < 1.29 is 19.4 Å². The maximum atomic E-state index is 13.6. The maximum absolute atomic E-state index is 13.6. The number of rotatable bonds is 10. The van der Waals surface area contributed by atoms with E-state index in [4.69, 9.17) is 19.6 Å². The molecule has 3 heterocycles. The monoisotopic (exact) mass is 719 g/mol. The number of hydrogen-bond donors (Lipinski definition) is 3. The SMILES string of the molecule is CN[C@@](C)(CO[C@H]1[C@H](n2ncnc2-c2cn[nH]c2)C[C@]2(C)COC[C@@]13C1=CC[C@@]4(C)[C@H](C(=O)O)[C@@](C)([C@H](C)C(C)C)CC[C@]4(C)[C@H]1CC[C@H]23)C(C)C. The van der Waals surface area contributed by atoms with Gasteiger partial charge in [0.05, 0.1) is 49.6 Å². The zero-order valence-corrected chi connectivity index (χ0v) is 33.8. The van der Waals surface area contributed by atoms with Crippen LogP contribution in [0.2, 0.25) is 0 Å². The smallest absolute Gasteiger partial charge is 0.307 e. The Kier molecular flexibility index (Phi) is 9.26. The van der Waals surface area contributed by atoms with Crippen molar-refractivity contribution in [3.8, 4) is 11.4 Å². The highest BCUT2D eigenvalue weighted by atomic mass is 16.5. The topological polar surface area (TPSA) is 127 Å². The Bertz CT molecular complexity index is 1670. The summed E-state index contributed by atoms with van der Waals surface area (Å²) in [6.07, 6.45) is 13.4. The molecule has 0 radical (unpaired) electrons. The van der Waals surface area contributed by atoms with E-state index in [1.54, 1.807) is 6.33 Å². The van der Waals surface area contributed by atoms with Gasteiger partial charge in [0, 0.05) is 17.2 Å². The van der Waals surface area contributed by atoms with E-state index in [2.05, 4.69) is 95.5 Å². The molecule has 0 spiro atoms. The average Bonchev–Trinajstić information content (AvgIpc) is 3.80. The van der Waals surface area contributed by atoms with E-state index in [9.17, 15) is 9.90 Å². The third-order valence-corrected chi connectivity index (χ3v) is 17.1. The van der Waals surface area contributed by atoms with E-state index in [1.165, 1.54) is 5.57 Å². The molecule has 288 valence electrons. The van der Waals surface area contributed by atoms with Gasteiger partial charge in [-0.05, 0) is 104 Å². The molecule has 0 amide bonds. The minimum atomic E-state index is -0.627. The van der Waals surface area contributed by atoms with Crippen LogP contribution in [-0.2, 0) is 14.3 Å². The molecular formula is C42H66N6O4. The van der Waals surface area contributed by atoms with Gasteiger partial charge < -0.3 is 19.9 Å². The number of aromatic amines is 1. The Labute approximate surface area is 311 Å². The highest BCUT2D eigenvalue weighted by Gasteiger charge is 2.72. The predicted molar refractivity (Wildman–Crippen MR) is 202 cm³/mol. The standard InChI is InChI=1S/C42H66N6O4/c1-25(2)27(5)38(7)16-17-39(8)29-12-13-32-37(6)18-31(48-35(44-24-47-48)28-19-45-46-20-28)34(52-22-41(10,43-11)26(3)4)42(32,23-51-21-37)30(29)14-15-40(39,9)33(38)36(49)50/h14,19-20,24-27,29,31-34,43H,12-13,15-18,21-23H2,1-11H3,(H,45,46)(H,49,50)/t27-,29+,31-,32-,33-,34+,37-,38-,39-,40+,41+,42+/m1/s1. The van der Waals surface area contributed by atoms with Gasteiger partial charge in [-0.1, -0.05) is 74.0 Å². The second-order valence-corrected chi connectivity index (χ2v) is 19.7. The van der Waals surface area contributed by atoms with Gasteiger partial charge in [0.25, 0.3) is 0 Å². The van der Waals surface area contributed by atoms with Gasteiger partial charge >= 0.3 is 5.97 Å². The maximum Gasteiger partial charge on any atom is 0.307 e. The molecule has 2 bridgehead atoms. The van der Waals surface area contributed by atoms with Crippen LogP contribution >= 0.6 is 0 Å². The second-order valence-electron chi connectivity index (χ2n) is 19.7. The van der Waals surface area contributed by atoms with E-state index >= 15 is 0 Å². The zero-order valence-electron chi connectivity index (χ0n) is 33.8. The lowest BCUT2D eigenvalue weighted by atomic mass is 9.34. The van der Waals surface area contributed by atoms with E-state index in [0.29, 0.717) is 43.5 Å². The molecule has 4 fully saturated rings. The molecule has 3 N–H and O–H groups in total. The summed E-state index contributed by atoms with van der Waals surface area (Å²) in [5, 5.41) is 27.0. The summed E-state index contributed by atoms with van der Waals surface area (Å²) in [6, 6.07) is -0.0834. The number of likely N-dealkylation sites (N-methyl/N-ethyl adjacent to an activating group) is 1. The molecular weight excluding hydrogens is 653 g/mol. The van der Waals surface area contributed by atoms with Crippen LogP contribution in [0.5, 0.6) is 0 Å². The first kappa shape index (κ1) is 37.7. The van der Waals surface area contributed by atoms with Gasteiger partial charge in [-0.25, -0.2) is 9.67 Å². The quantitative estimate of drug-likeness (QED) is 0.212. The van der Waals surface area contributed by atoms with Crippen LogP contribution in [0.3, 0.4) is 0 Å². The number of nitrogens with zero attached hydrogens (tertiary/aromatic N) is 4. The number of ether oxygens (including phenoxy) is 2. The fourth-order valence-electron chi connectivity index (χ4n) is 13.0. The van der Waals surface area contributed by atoms with Crippen LogP contribution in [0.15, 0.2) is 30.4 Å². The predicted octanol–water partition coefficient (Wildman–Crippen LogP) is 7.82. The summed E-state index contributed by atoms with van der Waals surface area (Å²) in [6.45, 7) is 25.0. The van der Waals surface area contributed by atoms with Crippen molar-refractivity contribution in [2.24, 2.45) is 62.6 Å². The van der Waals surface area contributed by atoms with Gasteiger partial charge in [0.2, 0.25) is 0 Å². The van der Waals surface area contributed by atoms with Gasteiger partial charge in [-0.2, -0.15) is 10.2 Å². The lowest BCUT2D eigenvalue weighted by Crippen LogP contribution is -2.70.